The number of halogens is 6. The van der Waals surface area contributed by atoms with Crippen LogP contribution in [-0.2, 0) is 12.4 Å². The second kappa shape index (κ2) is 18.1. The summed E-state index contributed by atoms with van der Waals surface area (Å²) in [6.07, 6.45) is -8.97. The Bertz CT molecular complexity index is 4090. The van der Waals surface area contributed by atoms with Crippen LogP contribution >= 0.6 is 0 Å². The Morgan fingerprint density at radius 1 is 0.316 bits per heavy atom. The van der Waals surface area contributed by atoms with Crippen molar-refractivity contribution < 1.29 is 26.3 Å². The summed E-state index contributed by atoms with van der Waals surface area (Å²) in [5.41, 5.74) is 13.5. The first kappa shape index (κ1) is 47.4. The molecule has 0 saturated carbocycles. The van der Waals surface area contributed by atoms with Crippen LogP contribution in [0.25, 0.3) is 111 Å². The number of hydrogen-bond donors (Lipinski definition) is 0. The average molecular weight is 1000 g/mol. The minimum Gasteiger partial charge on any atom is -0.309 e. The Hall–Kier alpha value is -9.64. The number of aromatic nitrogens is 2. The van der Waals surface area contributed by atoms with E-state index < -0.39 is 23.5 Å². The molecule has 0 bridgehead atoms. The Labute approximate surface area is 432 Å². The van der Waals surface area contributed by atoms with E-state index in [1.165, 1.54) is 24.3 Å². The summed E-state index contributed by atoms with van der Waals surface area (Å²) in [6.45, 7) is 4.06. The number of rotatable bonds is 7. The second-order valence-corrected chi connectivity index (χ2v) is 19.2. The van der Waals surface area contributed by atoms with Gasteiger partial charge in [-0.25, -0.2) is 0 Å². The summed E-state index contributed by atoms with van der Waals surface area (Å²) < 4.78 is 86.2. The van der Waals surface area contributed by atoms with E-state index in [9.17, 15) is 36.9 Å². The minimum atomic E-state index is -4.49. The predicted octanol–water partition coefficient (Wildman–Crippen LogP) is 18.6. The maximum atomic E-state index is 13.7. The van der Waals surface area contributed by atoms with Crippen LogP contribution in [0.2, 0.25) is 0 Å². The fraction of sp³-hybridized carbons (Fsp3) is 0.0606. The molecule has 0 amide bonds. The van der Waals surface area contributed by atoms with Crippen LogP contribution in [0.5, 0.6) is 0 Å². The van der Waals surface area contributed by atoms with Gasteiger partial charge in [0.05, 0.1) is 56.5 Å². The number of aryl methyl sites for hydroxylation is 2. The van der Waals surface area contributed by atoms with Gasteiger partial charge >= 0.3 is 12.4 Å². The Kier molecular flexibility index (Phi) is 11.3. The van der Waals surface area contributed by atoms with Crippen molar-refractivity contribution >= 4 is 43.6 Å². The third-order valence-corrected chi connectivity index (χ3v) is 14.4. The molecule has 4 nitrogen and oxygen atoms in total. The van der Waals surface area contributed by atoms with Crippen LogP contribution in [0.3, 0.4) is 0 Å². The number of nitriles is 2. The van der Waals surface area contributed by atoms with Gasteiger partial charge in [-0.3, -0.25) is 0 Å². The average Bonchev–Trinajstić information content (AvgIpc) is 4.07. The van der Waals surface area contributed by atoms with Gasteiger partial charge in [0.2, 0.25) is 0 Å². The quantitative estimate of drug-likeness (QED) is 0.149. The van der Waals surface area contributed by atoms with E-state index in [1.54, 1.807) is 12.1 Å². The molecule has 10 heteroatoms. The van der Waals surface area contributed by atoms with Crippen molar-refractivity contribution in [1.82, 2.24) is 9.13 Å². The first-order valence-electron chi connectivity index (χ1n) is 24.4. The molecule has 12 rings (SSSR count). The molecule has 0 saturated heterocycles. The maximum Gasteiger partial charge on any atom is 0.416 e. The molecule has 2 aromatic heterocycles. The van der Waals surface area contributed by atoms with E-state index in [-0.39, 0.29) is 0 Å². The number of nitrogens with zero attached hydrogens (tertiary/aromatic N) is 4. The predicted molar refractivity (Wildman–Crippen MR) is 291 cm³/mol. The zero-order chi connectivity index (χ0) is 52.6. The van der Waals surface area contributed by atoms with Gasteiger partial charge in [0.25, 0.3) is 0 Å². The van der Waals surface area contributed by atoms with Crippen LogP contribution < -0.4 is 0 Å². The molecule has 0 aliphatic carbocycles. The van der Waals surface area contributed by atoms with Crippen LogP contribution in [0, 0.1) is 36.5 Å². The fourth-order valence-corrected chi connectivity index (χ4v) is 10.5. The highest BCUT2D eigenvalue weighted by molar-refractivity contribution is 6.12. The molecular formula is C66H40F6N4. The molecule has 0 fully saturated rings. The zero-order valence-corrected chi connectivity index (χ0v) is 40.7. The monoisotopic (exact) mass is 1000 g/mol. The molecule has 76 heavy (non-hydrogen) atoms. The van der Waals surface area contributed by atoms with E-state index >= 15 is 0 Å². The first-order chi connectivity index (χ1) is 36.6. The smallest absolute Gasteiger partial charge is 0.309 e. The first-order valence-corrected chi connectivity index (χ1v) is 24.4. The molecule has 0 aliphatic rings. The molecule has 0 aliphatic heterocycles. The third-order valence-electron chi connectivity index (χ3n) is 14.4. The lowest BCUT2D eigenvalue weighted by atomic mass is 9.94. The summed E-state index contributed by atoms with van der Waals surface area (Å²) in [5.74, 6) is 0. The number of alkyl halides is 6. The van der Waals surface area contributed by atoms with Crippen LogP contribution in [0.15, 0.2) is 206 Å². The van der Waals surface area contributed by atoms with Gasteiger partial charge in [-0.2, -0.15) is 36.9 Å². The second-order valence-electron chi connectivity index (χ2n) is 19.2. The van der Waals surface area contributed by atoms with Crippen LogP contribution in [0.4, 0.5) is 26.3 Å². The topological polar surface area (TPSA) is 57.4 Å². The molecular weight excluding hydrogens is 963 g/mol. The van der Waals surface area contributed by atoms with Gasteiger partial charge in [-0.05, 0) is 143 Å². The van der Waals surface area contributed by atoms with Crippen molar-refractivity contribution in [3.05, 3.63) is 240 Å². The molecule has 10 aromatic carbocycles. The Balaban J connectivity index is 1.07. The summed E-state index contributed by atoms with van der Waals surface area (Å²) in [4.78, 5) is 0. The summed E-state index contributed by atoms with van der Waals surface area (Å²) in [6, 6.07) is 66.7. The normalized spacial score (nSPS) is 11.9. The van der Waals surface area contributed by atoms with Crippen LogP contribution in [0.1, 0.15) is 33.4 Å². The van der Waals surface area contributed by atoms with Crippen molar-refractivity contribution in [1.29, 1.82) is 10.5 Å². The molecule has 2 heterocycles. The van der Waals surface area contributed by atoms with Gasteiger partial charge in [-0.15, -0.1) is 0 Å². The lowest BCUT2D eigenvalue weighted by Gasteiger charge is -2.16. The molecule has 0 radical (unpaired) electrons. The van der Waals surface area contributed by atoms with Crippen molar-refractivity contribution in [3.8, 4) is 79.1 Å². The SMILES string of the molecule is Cc1ccc(-c2ccc3c4ccc(-c5ccc(C(F)(F)F)cc5)cc4n(-c4ccc(C#N)c(-c5cc(-n6c7cc(-c8ccc(C)cc8)ccc7c7ccc(-c8ccc(C(F)(F)F)cc8)cc76)ccc5C#N)c4)c3c2)cc1. The maximum absolute atomic E-state index is 13.7. The van der Waals surface area contributed by atoms with E-state index in [1.807, 2.05) is 74.5 Å². The molecule has 0 atom stereocenters. The van der Waals surface area contributed by atoms with Gasteiger partial charge in [0.15, 0.2) is 0 Å². The molecule has 0 N–H and O–H groups in total. The van der Waals surface area contributed by atoms with Crippen molar-refractivity contribution in [3.63, 3.8) is 0 Å². The fourth-order valence-electron chi connectivity index (χ4n) is 10.5. The third kappa shape index (κ3) is 8.31. The molecule has 0 spiro atoms. The van der Waals surface area contributed by atoms with E-state index in [0.29, 0.717) is 55.9 Å². The Morgan fingerprint density at radius 2 is 0.579 bits per heavy atom. The molecule has 366 valence electrons. The highest BCUT2D eigenvalue weighted by atomic mass is 19.4. The minimum absolute atomic E-state index is 0.317. The molecule has 12 aromatic rings. The highest BCUT2D eigenvalue weighted by Crippen LogP contribution is 2.42. The van der Waals surface area contributed by atoms with Gasteiger partial charge < -0.3 is 9.13 Å². The summed E-state index contributed by atoms with van der Waals surface area (Å²) >= 11 is 0. The number of fused-ring (bicyclic) bond motifs is 6. The standard InChI is InChI=1S/C66H40F6N4/c1-39-3-7-41(8-4-39)45-17-27-55-57-29-19-47(43-11-21-51(22-12-43)65(67,68)69)33-63(57)75(61(55)31-45)53-25-15-49(37-73)59(35-53)60-36-54(26-16-50(60)38-74)76-62-32-46(42-9-5-40(2)6-10-42)18-28-56(62)58-30-20-48(34-64(58)76)44-13-23-52(24-14-44)66(70,71)72/h3-36H,1-2H3. The summed E-state index contributed by atoms with van der Waals surface area (Å²) in [5, 5.41) is 25.3. The summed E-state index contributed by atoms with van der Waals surface area (Å²) in [7, 11) is 0. The van der Waals surface area contributed by atoms with Gasteiger partial charge in [-0.1, -0.05) is 132 Å². The molecule has 0 unspecified atom stereocenters. The Morgan fingerprint density at radius 3 is 0.842 bits per heavy atom. The highest BCUT2D eigenvalue weighted by Gasteiger charge is 2.31. The van der Waals surface area contributed by atoms with E-state index in [4.69, 9.17) is 0 Å². The lowest BCUT2D eigenvalue weighted by molar-refractivity contribution is -0.138. The van der Waals surface area contributed by atoms with Crippen molar-refractivity contribution in [2.24, 2.45) is 0 Å². The number of benzene rings is 10. The van der Waals surface area contributed by atoms with Crippen molar-refractivity contribution in [2.45, 2.75) is 26.2 Å². The zero-order valence-electron chi connectivity index (χ0n) is 40.7. The lowest BCUT2D eigenvalue weighted by Crippen LogP contribution is -2.04. The van der Waals surface area contributed by atoms with Crippen LogP contribution in [-0.4, -0.2) is 9.13 Å². The van der Waals surface area contributed by atoms with Gasteiger partial charge in [0, 0.05) is 44.0 Å². The van der Waals surface area contributed by atoms with Crippen molar-refractivity contribution in [2.75, 3.05) is 0 Å². The van der Waals surface area contributed by atoms with Gasteiger partial charge in [0.1, 0.15) is 0 Å². The number of hydrogen-bond acceptors (Lipinski definition) is 2. The van der Waals surface area contributed by atoms with E-state index in [2.05, 4.69) is 106 Å². The largest absolute Gasteiger partial charge is 0.416 e. The van der Waals surface area contributed by atoms with E-state index in [0.717, 1.165) is 101 Å².